The second-order valence-corrected chi connectivity index (χ2v) is 15.9. The number of nitrogens with one attached hydrogen (secondary N) is 1. The Labute approximate surface area is 376 Å². The monoisotopic (exact) mass is 988 g/mol. The number of benzene rings is 4. The van der Waals surface area contributed by atoms with Gasteiger partial charge in [-0.2, -0.15) is 0 Å². The number of aryl methyl sites for hydroxylation is 4. The van der Waals surface area contributed by atoms with E-state index in [1.54, 1.807) is 24.3 Å². The first-order valence-corrected chi connectivity index (χ1v) is 20.3. The molecular formula is C45H54ClF4IN2O8. The first-order valence-electron chi connectivity index (χ1n) is 20.3. The molecular weight excluding hydrogens is 935 g/mol. The number of ether oxygens (including phenoxy) is 4. The molecule has 4 aliphatic heterocycles. The van der Waals surface area contributed by atoms with Crippen molar-refractivity contribution in [3.63, 3.8) is 0 Å². The summed E-state index contributed by atoms with van der Waals surface area (Å²) in [5, 5.41) is 45.1. The summed E-state index contributed by atoms with van der Waals surface area (Å²) in [6.07, 6.45) is 0.485. The van der Waals surface area contributed by atoms with Crippen LogP contribution in [0.15, 0.2) is 72.8 Å². The molecule has 2 unspecified atom stereocenters. The van der Waals surface area contributed by atoms with Crippen LogP contribution in [0.25, 0.3) is 0 Å². The van der Waals surface area contributed by atoms with E-state index in [1.165, 1.54) is 48.5 Å². The minimum atomic E-state index is -0.753. The Bertz CT molecular complexity index is 1920. The number of likely N-dealkylation sites (N-methyl/N-ethyl adjacent to an activating group) is 1. The van der Waals surface area contributed by atoms with Gasteiger partial charge in [0.1, 0.15) is 95.1 Å². The highest BCUT2D eigenvalue weighted by atomic mass is 127. The lowest BCUT2D eigenvalue weighted by Crippen LogP contribution is -2.47. The van der Waals surface area contributed by atoms with Gasteiger partial charge in [-0.05, 0) is 153 Å². The third-order valence-electron chi connectivity index (χ3n) is 11.4. The molecule has 5 N–H and O–H groups in total. The van der Waals surface area contributed by atoms with Crippen molar-refractivity contribution in [2.24, 2.45) is 0 Å². The van der Waals surface area contributed by atoms with Crippen molar-refractivity contribution < 1.29 is 56.9 Å². The lowest BCUT2D eigenvalue weighted by Gasteiger charge is -2.34. The van der Waals surface area contributed by atoms with Crippen molar-refractivity contribution in [1.82, 2.24) is 10.2 Å². The molecule has 10 nitrogen and oxygen atoms in total. The van der Waals surface area contributed by atoms with Crippen molar-refractivity contribution in [1.29, 1.82) is 0 Å². The highest BCUT2D eigenvalue weighted by Gasteiger charge is 2.32. The second kappa shape index (κ2) is 22.3. The minimum absolute atomic E-state index is 0. The molecule has 4 heterocycles. The highest BCUT2D eigenvalue weighted by molar-refractivity contribution is 14.0. The molecule has 8 atom stereocenters. The summed E-state index contributed by atoms with van der Waals surface area (Å²) in [5.74, 6) is 1.27. The van der Waals surface area contributed by atoms with Crippen LogP contribution in [0.4, 0.5) is 17.6 Å². The summed E-state index contributed by atoms with van der Waals surface area (Å²) in [5.41, 5.74) is 3.26. The lowest BCUT2D eigenvalue weighted by molar-refractivity contribution is -0.0212. The van der Waals surface area contributed by atoms with Crippen molar-refractivity contribution >= 4 is 36.4 Å². The fourth-order valence-electron chi connectivity index (χ4n) is 8.19. The third-order valence-corrected chi connectivity index (χ3v) is 11.4. The first kappa shape index (κ1) is 48.6. The Morgan fingerprint density at radius 2 is 0.770 bits per heavy atom. The maximum Gasteiger partial charge on any atom is 0.126 e. The summed E-state index contributed by atoms with van der Waals surface area (Å²) >= 11 is 0. The normalized spacial score (nSPS) is 21.8. The molecule has 0 spiro atoms. The van der Waals surface area contributed by atoms with Gasteiger partial charge in [0.2, 0.25) is 0 Å². The molecule has 0 fully saturated rings. The van der Waals surface area contributed by atoms with Crippen LogP contribution in [-0.2, 0) is 25.7 Å². The van der Waals surface area contributed by atoms with E-state index in [4.69, 9.17) is 18.9 Å². The van der Waals surface area contributed by atoms with E-state index in [2.05, 4.69) is 5.32 Å². The van der Waals surface area contributed by atoms with Crippen molar-refractivity contribution in [3.05, 3.63) is 118 Å². The number of hydrogen-bond donors (Lipinski definition) is 5. The van der Waals surface area contributed by atoms with Gasteiger partial charge in [0, 0.05) is 26.2 Å². The van der Waals surface area contributed by atoms with E-state index in [0.717, 1.165) is 22.3 Å². The maximum atomic E-state index is 13.3. The Balaban J connectivity index is 0.000000224. The highest BCUT2D eigenvalue weighted by Crippen LogP contribution is 2.33. The molecule has 4 aromatic carbocycles. The molecule has 4 aromatic rings. The van der Waals surface area contributed by atoms with Crippen molar-refractivity contribution in [2.75, 3.05) is 33.2 Å². The van der Waals surface area contributed by atoms with Gasteiger partial charge in [-0.3, -0.25) is 0 Å². The fraction of sp³-hybridized carbons (Fsp3) is 0.467. The van der Waals surface area contributed by atoms with E-state index in [9.17, 15) is 38.0 Å². The van der Waals surface area contributed by atoms with Crippen LogP contribution in [0.2, 0.25) is 0 Å². The molecule has 61 heavy (non-hydrogen) atoms. The van der Waals surface area contributed by atoms with Crippen LogP contribution in [-0.4, -0.2) is 107 Å². The Morgan fingerprint density at radius 3 is 1.05 bits per heavy atom. The topological polar surface area (TPSA) is 133 Å². The summed E-state index contributed by atoms with van der Waals surface area (Å²) in [6.45, 7) is 1.17. The van der Waals surface area contributed by atoms with Crippen LogP contribution in [0.1, 0.15) is 47.9 Å². The minimum Gasteiger partial charge on any atom is -0.487 e. The summed E-state index contributed by atoms with van der Waals surface area (Å²) < 4.78 is 76.5. The Morgan fingerprint density at radius 1 is 0.508 bits per heavy atom. The molecule has 0 bridgehead atoms. The average Bonchev–Trinajstić information content (AvgIpc) is 3.22. The van der Waals surface area contributed by atoms with Gasteiger partial charge < -0.3 is 49.6 Å². The average molecular weight is 989 g/mol. The van der Waals surface area contributed by atoms with Crippen molar-refractivity contribution in [2.45, 2.75) is 100 Å². The second-order valence-electron chi connectivity index (χ2n) is 15.9. The molecule has 0 radical (unpaired) electrons. The van der Waals surface area contributed by atoms with Gasteiger partial charge in [0.15, 0.2) is 0 Å². The molecule has 334 valence electrons. The predicted octanol–water partition coefficient (Wildman–Crippen LogP) is 6.11. The zero-order valence-corrected chi connectivity index (χ0v) is 36.9. The molecule has 0 aliphatic carbocycles. The fourth-order valence-corrected chi connectivity index (χ4v) is 8.19. The summed E-state index contributed by atoms with van der Waals surface area (Å²) in [4.78, 5) is 1.85. The zero-order chi connectivity index (χ0) is 41.6. The zero-order valence-electron chi connectivity index (χ0n) is 33.7. The predicted molar refractivity (Wildman–Crippen MR) is 234 cm³/mol. The SMILES string of the molecule is CN(C[C@H](O)C1CCc2cc(F)ccc2O1)C[C@H](O)[C@H]1CCc2cc(F)ccc2O1.Cl.I.O[C@@H](CNC[C@H](O)[C@H]1CCc2cc(F)ccc2O1)C1CCc2cc(F)ccc2O1. The summed E-state index contributed by atoms with van der Waals surface area (Å²) in [6, 6.07) is 17.6. The van der Waals surface area contributed by atoms with E-state index in [-0.39, 0.29) is 97.2 Å². The number of nitrogens with zero attached hydrogens (tertiary/aromatic N) is 1. The van der Waals surface area contributed by atoms with Gasteiger partial charge in [-0.15, -0.1) is 36.4 Å². The third kappa shape index (κ3) is 12.8. The lowest BCUT2D eigenvalue weighted by atomic mass is 9.98. The number of fused-ring (bicyclic) bond motifs is 4. The van der Waals surface area contributed by atoms with Crippen molar-refractivity contribution in [3.8, 4) is 23.0 Å². The smallest absolute Gasteiger partial charge is 0.126 e. The molecule has 4 aliphatic rings. The van der Waals surface area contributed by atoms with E-state index in [0.29, 0.717) is 87.5 Å². The molecule has 0 saturated carbocycles. The Hall–Kier alpha value is -3.42. The summed E-state index contributed by atoms with van der Waals surface area (Å²) in [7, 11) is 1.82. The molecule has 16 heteroatoms. The molecule has 0 amide bonds. The van der Waals surface area contributed by atoms with Crippen LogP contribution >= 0.6 is 36.4 Å². The van der Waals surface area contributed by atoms with Gasteiger partial charge in [-0.25, -0.2) is 17.6 Å². The van der Waals surface area contributed by atoms with Gasteiger partial charge in [-0.1, -0.05) is 0 Å². The standard InChI is InChI=1S/C23H27F2NO4.C22H25F2NO4.ClH.HI/c1-26(12-18(27)22-6-2-14-10-16(24)4-8-20(14)29-22)13-19(28)23-7-3-15-11-17(25)5-9-21(15)30-23;23-15-3-7-19-13(9-15)1-5-21(28-19)17(26)11-25-12-18(27)22-6-2-14-10-16(24)4-8-20(14)29-22;;/h4-5,8-11,18-19,22-23,27-28H,2-3,6-7,12-13H2,1H3;3-4,7-10,17-18,21-22,25-27H,1-2,5-6,11-12H2;2*1H/t18-,19-,22+,23?;17-,18-,21+,22?;;/m00../s1. The number of hydrogen-bond acceptors (Lipinski definition) is 10. The van der Waals surface area contributed by atoms with E-state index < -0.39 is 24.4 Å². The van der Waals surface area contributed by atoms with Gasteiger partial charge >= 0.3 is 0 Å². The quantitative estimate of drug-likeness (QED) is 0.0838. The van der Waals surface area contributed by atoms with Crippen LogP contribution in [0.5, 0.6) is 23.0 Å². The number of halogens is 6. The van der Waals surface area contributed by atoms with Gasteiger partial charge in [0.05, 0.1) is 0 Å². The molecule has 8 rings (SSSR count). The van der Waals surface area contributed by atoms with Crippen LogP contribution < -0.4 is 24.3 Å². The number of aliphatic hydroxyl groups excluding tert-OH is 4. The van der Waals surface area contributed by atoms with Gasteiger partial charge in [0.25, 0.3) is 0 Å². The van der Waals surface area contributed by atoms with Crippen LogP contribution in [0, 0.1) is 23.3 Å². The maximum absolute atomic E-state index is 13.3. The molecule has 0 saturated heterocycles. The van der Waals surface area contributed by atoms with E-state index in [1.807, 2.05) is 11.9 Å². The number of rotatable bonds is 12. The Kier molecular flexibility index (Phi) is 17.8. The first-order chi connectivity index (χ1) is 28.4. The number of aliphatic hydroxyl groups is 4. The van der Waals surface area contributed by atoms with Crippen LogP contribution in [0.3, 0.4) is 0 Å². The van der Waals surface area contributed by atoms with E-state index >= 15 is 0 Å². The largest absolute Gasteiger partial charge is 0.487 e. The molecule has 0 aromatic heterocycles.